The number of nitrogens with two attached hydrogens (primary N) is 1. The molecule has 18 heavy (non-hydrogen) atoms. The number of carbonyl (C=O) groups excluding carboxylic acids is 1. The quantitative estimate of drug-likeness (QED) is 0.898. The van der Waals surface area contributed by atoms with Crippen molar-refractivity contribution >= 4 is 22.0 Å². The number of ether oxygens (including phenoxy) is 1. The number of benzene rings is 1. The van der Waals surface area contributed by atoms with E-state index in [1.807, 2.05) is 13.8 Å². The molecule has 0 saturated carbocycles. The molecule has 0 atom stereocenters. The minimum atomic E-state index is -0.761. The molecule has 5 heteroatoms. The Kier molecular flexibility index (Phi) is 5.14. The number of carbonyl (C=O) groups is 1. The summed E-state index contributed by atoms with van der Waals surface area (Å²) in [6, 6.07) is 4.63. The van der Waals surface area contributed by atoms with Gasteiger partial charge in [-0.05, 0) is 50.8 Å². The number of halogens is 2. The van der Waals surface area contributed by atoms with Gasteiger partial charge in [0.1, 0.15) is 11.4 Å². The van der Waals surface area contributed by atoms with Crippen LogP contribution in [0.3, 0.4) is 0 Å². The monoisotopic (exact) mass is 317 g/mol. The third-order valence-electron chi connectivity index (χ3n) is 2.62. The van der Waals surface area contributed by atoms with Crippen LogP contribution in [0.4, 0.5) is 9.18 Å². The van der Waals surface area contributed by atoms with Gasteiger partial charge in [-0.2, -0.15) is 0 Å². The highest BCUT2D eigenvalue weighted by molar-refractivity contribution is 9.10. The SMILES string of the molecule is CC(C)(CCCc1ccc(F)cc1Br)OC(N)=O. The average Bonchev–Trinajstić information content (AvgIpc) is 2.19. The maximum absolute atomic E-state index is 12.9. The van der Waals surface area contributed by atoms with Crippen LogP contribution in [0.1, 0.15) is 32.3 Å². The number of primary amides is 1. The van der Waals surface area contributed by atoms with Gasteiger partial charge in [0.15, 0.2) is 0 Å². The Labute approximate surface area is 115 Å². The molecule has 0 saturated heterocycles. The lowest BCUT2D eigenvalue weighted by atomic mass is 9.98. The van der Waals surface area contributed by atoms with Crippen LogP contribution in [0.25, 0.3) is 0 Å². The van der Waals surface area contributed by atoms with Crippen LogP contribution in [0.15, 0.2) is 22.7 Å². The predicted molar refractivity (Wildman–Crippen MR) is 71.8 cm³/mol. The van der Waals surface area contributed by atoms with E-state index in [4.69, 9.17) is 10.5 Å². The molecule has 0 bridgehead atoms. The first-order valence-electron chi connectivity index (χ1n) is 5.72. The van der Waals surface area contributed by atoms with E-state index in [9.17, 15) is 9.18 Å². The molecular formula is C13H17BrFNO2. The predicted octanol–water partition coefficient (Wildman–Crippen LogP) is 3.78. The van der Waals surface area contributed by atoms with E-state index in [0.29, 0.717) is 6.42 Å². The first-order chi connectivity index (χ1) is 8.30. The van der Waals surface area contributed by atoms with Crippen molar-refractivity contribution in [3.8, 4) is 0 Å². The Morgan fingerprint density at radius 2 is 2.17 bits per heavy atom. The smallest absolute Gasteiger partial charge is 0.405 e. The fourth-order valence-electron chi connectivity index (χ4n) is 1.75. The Morgan fingerprint density at radius 1 is 1.50 bits per heavy atom. The van der Waals surface area contributed by atoms with E-state index >= 15 is 0 Å². The van der Waals surface area contributed by atoms with Gasteiger partial charge >= 0.3 is 6.09 Å². The van der Waals surface area contributed by atoms with Gasteiger partial charge in [-0.25, -0.2) is 9.18 Å². The highest BCUT2D eigenvalue weighted by Gasteiger charge is 2.21. The lowest BCUT2D eigenvalue weighted by Gasteiger charge is -2.23. The molecule has 0 spiro atoms. The second-order valence-electron chi connectivity index (χ2n) is 4.77. The number of hydrogen-bond donors (Lipinski definition) is 1. The molecule has 1 aromatic rings. The van der Waals surface area contributed by atoms with Gasteiger partial charge in [0, 0.05) is 4.47 Å². The summed E-state index contributed by atoms with van der Waals surface area (Å²) in [6.45, 7) is 3.63. The molecule has 0 fully saturated rings. The van der Waals surface area contributed by atoms with Crippen LogP contribution in [-0.2, 0) is 11.2 Å². The van der Waals surface area contributed by atoms with Gasteiger partial charge in [-0.15, -0.1) is 0 Å². The van der Waals surface area contributed by atoms with Gasteiger partial charge in [-0.1, -0.05) is 22.0 Å². The van der Waals surface area contributed by atoms with Crippen molar-refractivity contribution in [2.45, 2.75) is 38.7 Å². The summed E-state index contributed by atoms with van der Waals surface area (Å²) in [5, 5.41) is 0. The molecule has 3 nitrogen and oxygen atoms in total. The van der Waals surface area contributed by atoms with Crippen molar-refractivity contribution in [3.05, 3.63) is 34.1 Å². The van der Waals surface area contributed by atoms with Crippen LogP contribution in [0, 0.1) is 5.82 Å². The molecule has 0 aliphatic heterocycles. The van der Waals surface area contributed by atoms with Gasteiger partial charge < -0.3 is 10.5 Å². The zero-order valence-corrected chi connectivity index (χ0v) is 12.1. The molecule has 0 aromatic heterocycles. The lowest BCUT2D eigenvalue weighted by molar-refractivity contribution is 0.0378. The first kappa shape index (κ1) is 15.0. The van der Waals surface area contributed by atoms with Gasteiger partial charge in [0.2, 0.25) is 0 Å². The Hall–Kier alpha value is -1.10. The molecule has 2 N–H and O–H groups in total. The van der Waals surface area contributed by atoms with E-state index in [1.54, 1.807) is 6.07 Å². The number of rotatable bonds is 5. The van der Waals surface area contributed by atoms with Crippen molar-refractivity contribution in [1.82, 2.24) is 0 Å². The van der Waals surface area contributed by atoms with Crippen molar-refractivity contribution < 1.29 is 13.9 Å². The normalized spacial score (nSPS) is 11.3. The molecule has 0 heterocycles. The summed E-state index contributed by atoms with van der Waals surface area (Å²) in [7, 11) is 0. The first-order valence-corrected chi connectivity index (χ1v) is 6.52. The van der Waals surface area contributed by atoms with Crippen LogP contribution in [0.5, 0.6) is 0 Å². The van der Waals surface area contributed by atoms with Crippen LogP contribution >= 0.6 is 15.9 Å². The fraction of sp³-hybridized carbons (Fsp3) is 0.462. The van der Waals surface area contributed by atoms with Crippen molar-refractivity contribution in [2.75, 3.05) is 0 Å². The van der Waals surface area contributed by atoms with Crippen LogP contribution in [-0.4, -0.2) is 11.7 Å². The summed E-state index contributed by atoms with van der Waals surface area (Å²) in [6.07, 6.45) is 1.54. The van der Waals surface area contributed by atoms with E-state index < -0.39 is 11.7 Å². The van der Waals surface area contributed by atoms with Gasteiger partial charge in [-0.3, -0.25) is 0 Å². The van der Waals surface area contributed by atoms with E-state index in [1.165, 1.54) is 12.1 Å². The molecule has 1 amide bonds. The third kappa shape index (κ3) is 5.04. The molecule has 1 rings (SSSR count). The van der Waals surface area contributed by atoms with E-state index in [0.717, 1.165) is 22.9 Å². The zero-order chi connectivity index (χ0) is 13.8. The van der Waals surface area contributed by atoms with E-state index in [-0.39, 0.29) is 5.82 Å². The van der Waals surface area contributed by atoms with Crippen molar-refractivity contribution in [2.24, 2.45) is 5.73 Å². The summed E-state index contributed by atoms with van der Waals surface area (Å²) in [4.78, 5) is 10.7. The molecule has 0 unspecified atom stereocenters. The maximum atomic E-state index is 12.9. The van der Waals surface area contributed by atoms with Crippen LogP contribution < -0.4 is 5.73 Å². The number of hydrogen-bond acceptors (Lipinski definition) is 2. The van der Waals surface area contributed by atoms with Crippen molar-refractivity contribution in [3.63, 3.8) is 0 Å². The minimum absolute atomic E-state index is 0.261. The Morgan fingerprint density at radius 3 is 2.72 bits per heavy atom. The number of amides is 1. The maximum Gasteiger partial charge on any atom is 0.405 e. The zero-order valence-electron chi connectivity index (χ0n) is 10.5. The minimum Gasteiger partial charge on any atom is -0.444 e. The third-order valence-corrected chi connectivity index (χ3v) is 3.36. The fourth-order valence-corrected chi connectivity index (χ4v) is 2.30. The van der Waals surface area contributed by atoms with Crippen LogP contribution in [0.2, 0.25) is 0 Å². The Balaban J connectivity index is 2.48. The largest absolute Gasteiger partial charge is 0.444 e. The molecule has 0 aliphatic carbocycles. The molecular weight excluding hydrogens is 301 g/mol. The summed E-state index contributed by atoms with van der Waals surface area (Å²) in [5.41, 5.74) is 5.45. The summed E-state index contributed by atoms with van der Waals surface area (Å²) in [5.74, 6) is -0.261. The Bertz CT molecular complexity index is 435. The molecule has 0 radical (unpaired) electrons. The standard InChI is InChI=1S/C13H17BrFNO2/c1-13(2,18-12(16)17)7-3-4-9-5-6-10(15)8-11(9)14/h5-6,8H,3-4,7H2,1-2H3,(H2,16,17). The molecule has 0 aliphatic rings. The van der Waals surface area contributed by atoms with E-state index in [2.05, 4.69) is 15.9 Å². The lowest BCUT2D eigenvalue weighted by Crippen LogP contribution is -2.31. The van der Waals surface area contributed by atoms with Crippen molar-refractivity contribution in [1.29, 1.82) is 0 Å². The van der Waals surface area contributed by atoms with Gasteiger partial charge in [0.05, 0.1) is 0 Å². The highest BCUT2D eigenvalue weighted by Crippen LogP contribution is 2.23. The average molecular weight is 318 g/mol. The van der Waals surface area contributed by atoms with Gasteiger partial charge in [0.25, 0.3) is 0 Å². The number of aryl methyl sites for hydroxylation is 1. The second kappa shape index (κ2) is 6.18. The topological polar surface area (TPSA) is 52.3 Å². The molecule has 1 aromatic carbocycles. The second-order valence-corrected chi connectivity index (χ2v) is 5.62. The summed E-state index contributed by atoms with van der Waals surface area (Å²) >= 11 is 3.32. The highest BCUT2D eigenvalue weighted by atomic mass is 79.9. The summed E-state index contributed by atoms with van der Waals surface area (Å²) < 4.78 is 18.7. The molecule has 100 valence electrons.